The van der Waals surface area contributed by atoms with Crippen molar-refractivity contribution in [1.82, 2.24) is 0 Å². The molecule has 1 N–H and O–H groups in total. The van der Waals surface area contributed by atoms with E-state index in [1.807, 2.05) is 0 Å². The Labute approximate surface area is 125 Å². The zero-order valence-corrected chi connectivity index (χ0v) is 12.5. The largest absolute Gasteiger partial charge is 1.00 e. The van der Waals surface area contributed by atoms with Crippen molar-refractivity contribution in [3.05, 3.63) is 0 Å². The van der Waals surface area contributed by atoms with Crippen LogP contribution in [0.25, 0.3) is 0 Å². The first-order chi connectivity index (χ1) is 6.62. The fourth-order valence-corrected chi connectivity index (χ4v) is 3.45. The molecule has 0 radical (unpaired) electrons. The van der Waals surface area contributed by atoms with E-state index in [0.29, 0.717) is 6.92 Å². The van der Waals surface area contributed by atoms with E-state index in [1.54, 1.807) is 0 Å². The van der Waals surface area contributed by atoms with Crippen LogP contribution in [0.3, 0.4) is 0 Å². The molecular formula is C6H14Li2O7P2. The molecule has 0 spiro atoms. The molecule has 11 heteroatoms. The Morgan fingerprint density at radius 3 is 1.47 bits per heavy atom. The van der Waals surface area contributed by atoms with Gasteiger partial charge in [-0.15, -0.1) is 0 Å². The molecule has 0 fully saturated rings. The van der Waals surface area contributed by atoms with E-state index in [9.17, 15) is 24.0 Å². The van der Waals surface area contributed by atoms with Gasteiger partial charge >= 0.3 is 37.7 Å². The molecule has 0 aliphatic rings. The number of aliphatic hydroxyl groups is 1. The zero-order valence-electron chi connectivity index (χ0n) is 10.7. The van der Waals surface area contributed by atoms with Crippen molar-refractivity contribution in [2.75, 3.05) is 13.2 Å². The molecule has 0 aliphatic heterocycles. The summed E-state index contributed by atoms with van der Waals surface area (Å²) in [6, 6.07) is 0. The summed E-state index contributed by atoms with van der Waals surface area (Å²) < 4.78 is 31.0. The fraction of sp³-hybridized carbons (Fsp3) is 1.00. The summed E-state index contributed by atoms with van der Waals surface area (Å²) in [5, 5.41) is 6.38. The summed E-state index contributed by atoms with van der Waals surface area (Å²) in [6.45, 7) is 2.81. The molecule has 0 bridgehead atoms. The van der Waals surface area contributed by atoms with Crippen LogP contribution in [0.4, 0.5) is 0 Å². The summed E-state index contributed by atoms with van der Waals surface area (Å²) in [6.07, 6.45) is 0. The molecule has 0 aromatic rings. The average Bonchev–Trinajstić information content (AvgIpc) is 2.03. The van der Waals surface area contributed by atoms with E-state index >= 15 is 0 Å². The minimum atomic E-state index is -4.94. The summed E-state index contributed by atoms with van der Waals surface area (Å²) in [5.41, 5.74) is 0. The Morgan fingerprint density at radius 1 is 1.06 bits per heavy atom. The van der Waals surface area contributed by atoms with Crippen LogP contribution in [-0.2, 0) is 18.2 Å². The van der Waals surface area contributed by atoms with Crippen molar-refractivity contribution in [2.45, 2.75) is 25.9 Å². The summed E-state index contributed by atoms with van der Waals surface area (Å²) >= 11 is 0. The van der Waals surface area contributed by atoms with Crippen molar-refractivity contribution in [3.8, 4) is 0 Å². The topological polar surface area (TPSA) is 119 Å². The van der Waals surface area contributed by atoms with Crippen LogP contribution in [-0.4, -0.2) is 23.4 Å². The van der Waals surface area contributed by atoms with Crippen LogP contribution in [0, 0.1) is 0 Å². The maximum absolute atomic E-state index is 11.3. The first-order valence-corrected chi connectivity index (χ1v) is 7.34. The molecule has 17 heavy (non-hydrogen) atoms. The molecule has 0 heterocycles. The van der Waals surface area contributed by atoms with Gasteiger partial charge in [-0.05, 0) is 20.8 Å². The maximum Gasteiger partial charge on any atom is 1.00 e. The Hall–Kier alpha value is 1.45. The van der Waals surface area contributed by atoms with E-state index in [-0.39, 0.29) is 50.9 Å². The van der Waals surface area contributed by atoms with Crippen molar-refractivity contribution < 1.29 is 70.8 Å². The quantitative estimate of drug-likeness (QED) is 0.378. The second-order valence-electron chi connectivity index (χ2n) is 2.80. The minimum Gasteiger partial charge on any atom is -0.776 e. The second kappa shape index (κ2) is 8.59. The average molecular weight is 274 g/mol. The third kappa shape index (κ3) is 5.53. The van der Waals surface area contributed by atoms with Gasteiger partial charge in [0, 0.05) is 0 Å². The fourth-order valence-electron chi connectivity index (χ4n) is 0.734. The Kier molecular flexibility index (Phi) is 11.9. The van der Waals surface area contributed by atoms with Gasteiger partial charge in [-0.2, -0.15) is 0 Å². The third-order valence-electron chi connectivity index (χ3n) is 1.64. The van der Waals surface area contributed by atoms with Crippen molar-refractivity contribution >= 4 is 15.2 Å². The maximum atomic E-state index is 11.3. The van der Waals surface area contributed by atoms with Crippen molar-refractivity contribution in [1.29, 1.82) is 0 Å². The Balaban J connectivity index is -0.000000980. The van der Waals surface area contributed by atoms with Crippen LogP contribution in [0.15, 0.2) is 0 Å². The van der Waals surface area contributed by atoms with Crippen LogP contribution in [0.5, 0.6) is 0 Å². The number of hydrogen-bond acceptors (Lipinski definition) is 7. The molecule has 0 saturated heterocycles. The van der Waals surface area contributed by atoms with Crippen molar-refractivity contribution in [2.24, 2.45) is 0 Å². The van der Waals surface area contributed by atoms with Crippen LogP contribution in [0.2, 0.25) is 0 Å². The van der Waals surface area contributed by atoms with E-state index < -0.39 is 20.3 Å². The van der Waals surface area contributed by atoms with Crippen molar-refractivity contribution in [3.63, 3.8) is 0 Å². The molecule has 0 rings (SSSR count). The number of hydrogen-bond donors (Lipinski definition) is 1. The molecule has 0 saturated carbocycles. The van der Waals surface area contributed by atoms with E-state index in [4.69, 9.17) is 0 Å². The van der Waals surface area contributed by atoms with E-state index in [0.717, 1.165) is 0 Å². The van der Waals surface area contributed by atoms with Gasteiger partial charge in [0.1, 0.15) is 0 Å². The first kappa shape index (κ1) is 23.5. The van der Waals surface area contributed by atoms with Gasteiger partial charge in [0.15, 0.2) is 20.3 Å². The summed E-state index contributed by atoms with van der Waals surface area (Å²) in [5.74, 6) is 0. The Morgan fingerprint density at radius 2 is 1.29 bits per heavy atom. The molecule has 92 valence electrons. The molecule has 2 atom stereocenters. The third-order valence-corrected chi connectivity index (χ3v) is 6.38. The van der Waals surface area contributed by atoms with Gasteiger partial charge in [0.25, 0.3) is 0 Å². The summed E-state index contributed by atoms with van der Waals surface area (Å²) in [7, 11) is -9.88. The minimum absolute atomic E-state index is 0. The first-order valence-electron chi connectivity index (χ1n) is 4.26. The van der Waals surface area contributed by atoms with E-state index in [1.165, 1.54) is 13.8 Å². The SMILES string of the molecule is CCOP(=O)([O-])C(C)(O)P(=O)([O-])OCC.[Li+].[Li+]. The smallest absolute Gasteiger partial charge is 0.776 e. The van der Waals surface area contributed by atoms with Gasteiger partial charge in [-0.1, -0.05) is 0 Å². The van der Waals surface area contributed by atoms with Gasteiger partial charge < -0.3 is 33.1 Å². The molecule has 0 amide bonds. The molecule has 2 unspecified atom stereocenters. The molecular weight excluding hydrogens is 260 g/mol. The van der Waals surface area contributed by atoms with Gasteiger partial charge in [-0.25, -0.2) is 0 Å². The van der Waals surface area contributed by atoms with E-state index in [2.05, 4.69) is 9.05 Å². The molecule has 0 aliphatic carbocycles. The predicted octanol–water partition coefficient (Wildman–Crippen LogP) is -6.16. The van der Waals surface area contributed by atoms with Gasteiger partial charge in [0.2, 0.25) is 0 Å². The second-order valence-corrected chi connectivity index (χ2v) is 7.40. The monoisotopic (exact) mass is 274 g/mol. The predicted molar refractivity (Wildman–Crippen MR) is 49.1 cm³/mol. The Bertz CT molecular complexity index is 281. The molecule has 7 nitrogen and oxygen atoms in total. The van der Waals surface area contributed by atoms with Crippen LogP contribution < -0.4 is 47.5 Å². The summed E-state index contributed by atoms with van der Waals surface area (Å²) in [4.78, 5) is 22.6. The zero-order chi connectivity index (χ0) is 12.3. The standard InChI is InChI=1S/C6H16O7P2.2Li/c1-4-12-14(8,9)6(3,7)15(10,11)13-5-2;;/h7H,4-5H2,1-3H3,(H,8,9)(H,10,11);;/q;2*+1/p-2. The van der Waals surface area contributed by atoms with Gasteiger partial charge in [-0.3, -0.25) is 0 Å². The van der Waals surface area contributed by atoms with Crippen LogP contribution in [0.1, 0.15) is 20.8 Å². The van der Waals surface area contributed by atoms with Gasteiger partial charge in [0.05, 0.1) is 13.2 Å². The van der Waals surface area contributed by atoms with Crippen LogP contribution >= 0.6 is 15.2 Å². The molecule has 0 aromatic heterocycles. The number of rotatable bonds is 6. The molecule has 0 aromatic carbocycles. The normalized spacial score (nSPS) is 21.1.